The first-order chi connectivity index (χ1) is 14.2. The smallest absolute Gasteiger partial charge is 0.459 e. The summed E-state index contributed by atoms with van der Waals surface area (Å²) in [6, 6.07) is 0. The summed E-state index contributed by atoms with van der Waals surface area (Å²) >= 11 is 0. The van der Waals surface area contributed by atoms with E-state index in [2.05, 4.69) is 9.47 Å². The quantitative estimate of drug-likeness (QED) is 0.197. The van der Waals surface area contributed by atoms with Gasteiger partial charge in [0, 0.05) is 6.61 Å². The first-order valence-corrected chi connectivity index (χ1v) is 7.69. The maximum absolute atomic E-state index is 13.4. The standard InChI is InChI=1S/C13H9F17O3/c1-2-32-3-4-33-5(31)6(14,15)7(16,17)8(18,19)9(20,21)10(22,23)11(24,25)12(26,27)13(28,29)30/h2-4H2,1H3. The summed E-state index contributed by atoms with van der Waals surface area (Å²) in [6.07, 6.45) is -7.83. The lowest BCUT2D eigenvalue weighted by molar-refractivity contribution is -0.460. The van der Waals surface area contributed by atoms with Crippen LogP contribution in [0.25, 0.3) is 0 Å². The molecule has 0 aromatic rings. The second-order valence-electron chi connectivity index (χ2n) is 5.85. The van der Waals surface area contributed by atoms with Crippen molar-refractivity contribution in [2.45, 2.75) is 54.6 Å². The van der Waals surface area contributed by atoms with Crippen LogP contribution in [0.5, 0.6) is 0 Å². The molecule has 0 spiro atoms. The van der Waals surface area contributed by atoms with Gasteiger partial charge in [0.2, 0.25) is 0 Å². The largest absolute Gasteiger partial charge is 0.460 e. The van der Waals surface area contributed by atoms with Crippen LogP contribution in [0.2, 0.25) is 0 Å². The maximum Gasteiger partial charge on any atom is 0.460 e. The number of rotatable bonds is 11. The Kier molecular flexibility index (Phi) is 8.32. The highest BCUT2D eigenvalue weighted by Gasteiger charge is 2.95. The van der Waals surface area contributed by atoms with E-state index in [1.54, 1.807) is 0 Å². The maximum atomic E-state index is 13.4. The fourth-order valence-corrected chi connectivity index (χ4v) is 1.72. The molecule has 198 valence electrons. The van der Waals surface area contributed by atoms with Crippen LogP contribution in [0.4, 0.5) is 74.6 Å². The third-order valence-corrected chi connectivity index (χ3v) is 3.64. The summed E-state index contributed by atoms with van der Waals surface area (Å²) in [4.78, 5) is 10.9. The molecule has 20 heteroatoms. The first kappa shape index (κ1) is 31.2. The third kappa shape index (κ3) is 4.50. The Balaban J connectivity index is 6.45. The minimum absolute atomic E-state index is 0.222. The van der Waals surface area contributed by atoms with E-state index in [-0.39, 0.29) is 6.61 Å². The minimum atomic E-state index is -8.75. The van der Waals surface area contributed by atoms with Gasteiger partial charge in [0.05, 0.1) is 6.61 Å². The van der Waals surface area contributed by atoms with Gasteiger partial charge in [0.15, 0.2) is 0 Å². The van der Waals surface area contributed by atoms with Crippen molar-refractivity contribution in [1.82, 2.24) is 0 Å². The molecular weight excluding hydrogens is 527 g/mol. The fourth-order valence-electron chi connectivity index (χ4n) is 1.72. The Morgan fingerprint density at radius 3 is 1.21 bits per heavy atom. The highest BCUT2D eigenvalue weighted by Crippen LogP contribution is 2.63. The van der Waals surface area contributed by atoms with Crippen molar-refractivity contribution in [3.63, 3.8) is 0 Å². The van der Waals surface area contributed by atoms with Gasteiger partial charge in [0.25, 0.3) is 0 Å². The second-order valence-corrected chi connectivity index (χ2v) is 5.85. The van der Waals surface area contributed by atoms with Gasteiger partial charge in [-0.25, -0.2) is 4.79 Å². The van der Waals surface area contributed by atoms with Crippen LogP contribution in [0.3, 0.4) is 0 Å². The van der Waals surface area contributed by atoms with Gasteiger partial charge in [-0.3, -0.25) is 0 Å². The summed E-state index contributed by atoms with van der Waals surface area (Å²) in [5.41, 5.74) is 0. The molecular formula is C13H9F17O3. The molecule has 0 rings (SSSR count). The summed E-state index contributed by atoms with van der Waals surface area (Å²) in [5.74, 6) is -62.0. The van der Waals surface area contributed by atoms with Crippen LogP contribution >= 0.6 is 0 Å². The van der Waals surface area contributed by atoms with Crippen molar-refractivity contribution in [1.29, 1.82) is 0 Å². The first-order valence-electron chi connectivity index (χ1n) is 7.69. The third-order valence-electron chi connectivity index (χ3n) is 3.64. The summed E-state index contributed by atoms with van der Waals surface area (Å²) in [5, 5.41) is 0. The van der Waals surface area contributed by atoms with Crippen molar-refractivity contribution in [3.8, 4) is 0 Å². The van der Waals surface area contributed by atoms with Crippen LogP contribution in [-0.2, 0) is 14.3 Å². The molecule has 33 heavy (non-hydrogen) atoms. The number of alkyl halides is 17. The predicted octanol–water partition coefficient (Wildman–Crippen LogP) is 5.58. The van der Waals surface area contributed by atoms with Crippen LogP contribution in [0, 0.1) is 0 Å². The zero-order valence-corrected chi connectivity index (χ0v) is 15.3. The lowest BCUT2D eigenvalue weighted by Gasteiger charge is -2.42. The van der Waals surface area contributed by atoms with E-state index >= 15 is 0 Å². The molecule has 0 aromatic heterocycles. The molecule has 3 nitrogen and oxygen atoms in total. The molecule has 0 unspecified atom stereocenters. The van der Waals surface area contributed by atoms with E-state index in [1.807, 2.05) is 0 Å². The van der Waals surface area contributed by atoms with Crippen LogP contribution < -0.4 is 0 Å². The second kappa shape index (κ2) is 8.79. The highest BCUT2D eigenvalue weighted by molar-refractivity contribution is 5.79. The van der Waals surface area contributed by atoms with Crippen molar-refractivity contribution in [2.75, 3.05) is 19.8 Å². The number of carbonyl (C=O) groups excluding carboxylic acids is 1. The molecule has 0 radical (unpaired) electrons. The molecule has 0 aliphatic heterocycles. The zero-order valence-electron chi connectivity index (χ0n) is 15.3. The minimum Gasteiger partial charge on any atom is -0.459 e. The van der Waals surface area contributed by atoms with Gasteiger partial charge in [-0.2, -0.15) is 74.6 Å². The number of hydrogen-bond acceptors (Lipinski definition) is 3. The van der Waals surface area contributed by atoms with Crippen molar-refractivity contribution >= 4 is 5.97 Å². The normalized spacial score (nSPS) is 15.6. The molecule has 0 saturated heterocycles. The van der Waals surface area contributed by atoms with Crippen LogP contribution in [0.15, 0.2) is 0 Å². The van der Waals surface area contributed by atoms with Crippen molar-refractivity contribution < 1.29 is 88.9 Å². The summed E-state index contributed by atoms with van der Waals surface area (Å²) in [6.45, 7) is -1.30. The number of halogens is 17. The van der Waals surface area contributed by atoms with E-state index in [9.17, 15) is 79.4 Å². The Hall–Kier alpha value is -1.76. The molecule has 0 aliphatic rings. The highest BCUT2D eigenvalue weighted by atomic mass is 19.4. The molecule has 0 atom stereocenters. The summed E-state index contributed by atoms with van der Waals surface area (Å²) in [7, 11) is 0. The average molecular weight is 536 g/mol. The molecule has 0 heterocycles. The average Bonchev–Trinajstić information content (AvgIpc) is 2.62. The number of carbonyl (C=O) groups is 1. The predicted molar refractivity (Wildman–Crippen MR) is 68.1 cm³/mol. The van der Waals surface area contributed by atoms with Gasteiger partial charge in [-0.15, -0.1) is 0 Å². The van der Waals surface area contributed by atoms with Crippen LogP contribution in [-0.4, -0.2) is 73.4 Å². The van der Waals surface area contributed by atoms with Crippen molar-refractivity contribution in [3.05, 3.63) is 0 Å². The molecule has 0 bridgehead atoms. The Morgan fingerprint density at radius 1 is 0.545 bits per heavy atom. The lowest BCUT2D eigenvalue weighted by atomic mass is 9.89. The Morgan fingerprint density at radius 2 is 0.879 bits per heavy atom. The molecule has 0 aliphatic carbocycles. The SMILES string of the molecule is CCOCCOC(=O)C(F)(F)C(F)(F)C(F)(F)C(F)(F)C(F)(F)C(F)(F)C(F)(F)C(F)(F)F. The Labute approximate surface area is 170 Å². The monoisotopic (exact) mass is 536 g/mol. The fraction of sp³-hybridized carbons (Fsp3) is 0.923. The number of ether oxygens (including phenoxy) is 2. The van der Waals surface area contributed by atoms with Gasteiger partial charge in [-0.05, 0) is 6.92 Å². The van der Waals surface area contributed by atoms with E-state index in [4.69, 9.17) is 0 Å². The molecule has 0 amide bonds. The number of esters is 1. The topological polar surface area (TPSA) is 35.5 Å². The summed E-state index contributed by atoms with van der Waals surface area (Å²) < 4.78 is 228. The van der Waals surface area contributed by atoms with E-state index in [1.165, 1.54) is 6.92 Å². The lowest BCUT2D eigenvalue weighted by Crippen LogP contribution is -2.75. The van der Waals surface area contributed by atoms with E-state index < -0.39 is 66.8 Å². The van der Waals surface area contributed by atoms with Crippen LogP contribution in [0.1, 0.15) is 6.92 Å². The van der Waals surface area contributed by atoms with E-state index in [0.717, 1.165) is 0 Å². The molecule has 0 N–H and O–H groups in total. The molecule has 0 fully saturated rings. The number of hydrogen-bond donors (Lipinski definition) is 0. The Bertz CT molecular complexity index is 697. The van der Waals surface area contributed by atoms with Gasteiger partial charge in [0.1, 0.15) is 6.61 Å². The van der Waals surface area contributed by atoms with Crippen molar-refractivity contribution in [2.24, 2.45) is 0 Å². The van der Waals surface area contributed by atoms with E-state index in [0.29, 0.717) is 0 Å². The zero-order chi connectivity index (χ0) is 27.1. The van der Waals surface area contributed by atoms with Gasteiger partial charge < -0.3 is 9.47 Å². The molecule has 0 saturated carbocycles. The van der Waals surface area contributed by atoms with Gasteiger partial charge >= 0.3 is 53.6 Å². The van der Waals surface area contributed by atoms with Gasteiger partial charge in [-0.1, -0.05) is 0 Å². The molecule has 0 aromatic carbocycles.